The van der Waals surface area contributed by atoms with Crippen molar-refractivity contribution in [2.24, 2.45) is 0 Å². The minimum Gasteiger partial charge on any atom is -0.343 e. The molecule has 1 unspecified atom stereocenters. The van der Waals surface area contributed by atoms with Crippen molar-refractivity contribution in [1.29, 1.82) is 0 Å². The van der Waals surface area contributed by atoms with Gasteiger partial charge in [0.2, 0.25) is 5.91 Å². The molecule has 29 heavy (non-hydrogen) atoms. The van der Waals surface area contributed by atoms with Gasteiger partial charge in [0, 0.05) is 32.6 Å². The van der Waals surface area contributed by atoms with Crippen LogP contribution in [0.2, 0.25) is 0 Å². The Kier molecular flexibility index (Phi) is 5.25. The number of nitrogens with zero attached hydrogens (tertiary/aromatic N) is 3. The molecular formula is C21H25FN4O3. The first-order valence-corrected chi connectivity index (χ1v) is 10.1. The Labute approximate surface area is 169 Å². The molecule has 1 aromatic carbocycles. The van der Waals surface area contributed by atoms with Crippen LogP contribution >= 0.6 is 0 Å². The molecule has 3 heterocycles. The molecule has 8 heteroatoms. The molecule has 0 spiro atoms. The van der Waals surface area contributed by atoms with E-state index in [-0.39, 0.29) is 30.8 Å². The van der Waals surface area contributed by atoms with Crippen LogP contribution in [0.1, 0.15) is 37.8 Å². The summed E-state index contributed by atoms with van der Waals surface area (Å²) in [7, 11) is 0. The topological polar surface area (TPSA) is 73.0 Å². The van der Waals surface area contributed by atoms with Crippen LogP contribution in [-0.2, 0) is 9.59 Å². The van der Waals surface area contributed by atoms with Crippen molar-refractivity contribution < 1.29 is 18.8 Å². The summed E-state index contributed by atoms with van der Waals surface area (Å²) in [6.07, 6.45) is 2.32. The van der Waals surface area contributed by atoms with Crippen LogP contribution in [0.3, 0.4) is 0 Å². The first kappa shape index (κ1) is 19.4. The van der Waals surface area contributed by atoms with Crippen LogP contribution in [0.4, 0.5) is 9.18 Å². The molecule has 4 amide bonds. The van der Waals surface area contributed by atoms with Crippen LogP contribution < -0.4 is 5.32 Å². The van der Waals surface area contributed by atoms with Gasteiger partial charge in [0.1, 0.15) is 5.82 Å². The minimum atomic E-state index is -0.692. The van der Waals surface area contributed by atoms with E-state index in [0.29, 0.717) is 29.9 Å². The van der Waals surface area contributed by atoms with Gasteiger partial charge in [0.15, 0.2) is 0 Å². The van der Waals surface area contributed by atoms with Gasteiger partial charge in [0.05, 0.1) is 23.9 Å². The maximum absolute atomic E-state index is 13.8. The molecule has 3 aliphatic rings. The number of likely N-dealkylation sites (tertiary alicyclic amines) is 1. The average molecular weight is 400 g/mol. The number of likely N-dealkylation sites (N-methyl/N-ethyl adjacent to an activating group) is 1. The lowest BCUT2D eigenvalue weighted by molar-refractivity contribution is -0.131. The standard InChI is InChI=1S/C21H25FN4O3/c1-2-26-16-13-25(11-8-17(27)24-9-3-4-10-24)20(28)18(16)19(23-21(26)29)14-6-5-7-15(22)12-14/h5-7,12,19H,2-4,8-11,13H2,1H3,(H,23,29). The van der Waals surface area contributed by atoms with Crippen molar-refractivity contribution in [2.75, 3.05) is 32.7 Å². The van der Waals surface area contributed by atoms with Gasteiger partial charge in [-0.1, -0.05) is 12.1 Å². The molecule has 0 radical (unpaired) electrons. The van der Waals surface area contributed by atoms with E-state index < -0.39 is 11.9 Å². The Bertz CT molecular complexity index is 878. The van der Waals surface area contributed by atoms with Crippen molar-refractivity contribution in [3.63, 3.8) is 0 Å². The Morgan fingerprint density at radius 1 is 1.24 bits per heavy atom. The molecule has 0 bridgehead atoms. The highest BCUT2D eigenvalue weighted by atomic mass is 19.1. The number of carbonyl (C=O) groups excluding carboxylic acids is 3. The van der Waals surface area contributed by atoms with E-state index in [1.54, 1.807) is 21.9 Å². The van der Waals surface area contributed by atoms with Gasteiger partial charge in [-0.2, -0.15) is 0 Å². The zero-order valence-corrected chi connectivity index (χ0v) is 16.5. The summed E-state index contributed by atoms with van der Waals surface area (Å²) in [6.45, 7) is 4.43. The number of hydrogen-bond acceptors (Lipinski definition) is 3. The number of carbonyl (C=O) groups is 3. The lowest BCUT2D eigenvalue weighted by Gasteiger charge is -2.32. The number of rotatable bonds is 5. The van der Waals surface area contributed by atoms with Gasteiger partial charge in [-0.3, -0.25) is 14.5 Å². The maximum atomic E-state index is 13.8. The molecule has 0 aliphatic carbocycles. The summed E-state index contributed by atoms with van der Waals surface area (Å²) in [4.78, 5) is 43.1. The SMILES string of the molecule is CCN1C(=O)NC(c2cccc(F)c2)C2=C1CN(CCC(=O)N1CCCC1)C2=O. The Balaban J connectivity index is 1.56. The van der Waals surface area contributed by atoms with E-state index in [1.165, 1.54) is 12.1 Å². The van der Waals surface area contributed by atoms with Gasteiger partial charge >= 0.3 is 6.03 Å². The first-order valence-electron chi connectivity index (χ1n) is 10.1. The molecule has 7 nitrogen and oxygen atoms in total. The fraction of sp³-hybridized carbons (Fsp3) is 0.476. The molecule has 1 atom stereocenters. The molecule has 0 saturated carbocycles. The monoisotopic (exact) mass is 400 g/mol. The van der Waals surface area contributed by atoms with Gasteiger partial charge in [-0.25, -0.2) is 9.18 Å². The maximum Gasteiger partial charge on any atom is 0.322 e. The van der Waals surface area contributed by atoms with Crippen LogP contribution in [0.5, 0.6) is 0 Å². The summed E-state index contributed by atoms with van der Waals surface area (Å²) in [5.74, 6) is -0.569. The number of urea groups is 1. The quantitative estimate of drug-likeness (QED) is 0.822. The second-order valence-electron chi connectivity index (χ2n) is 7.61. The summed E-state index contributed by atoms with van der Waals surface area (Å²) >= 11 is 0. The third-order valence-electron chi connectivity index (χ3n) is 5.85. The van der Waals surface area contributed by atoms with Crippen LogP contribution in [0.15, 0.2) is 35.5 Å². The molecule has 1 N–H and O–H groups in total. The molecule has 4 rings (SSSR count). The predicted molar refractivity (Wildman–Crippen MR) is 104 cm³/mol. The van der Waals surface area contributed by atoms with Crippen molar-refractivity contribution in [2.45, 2.75) is 32.2 Å². The molecule has 154 valence electrons. The normalized spacial score (nSPS) is 21.7. The molecule has 1 fully saturated rings. The Morgan fingerprint density at radius 2 is 2.00 bits per heavy atom. The number of hydrogen-bond donors (Lipinski definition) is 1. The molecule has 3 aliphatic heterocycles. The van der Waals surface area contributed by atoms with Gasteiger partial charge in [0.25, 0.3) is 5.91 Å². The predicted octanol–water partition coefficient (Wildman–Crippen LogP) is 2.02. The zero-order valence-electron chi connectivity index (χ0n) is 16.5. The number of halogens is 1. The number of benzene rings is 1. The van der Waals surface area contributed by atoms with E-state index in [0.717, 1.165) is 25.9 Å². The van der Waals surface area contributed by atoms with E-state index in [9.17, 15) is 18.8 Å². The summed E-state index contributed by atoms with van der Waals surface area (Å²) in [6, 6.07) is 4.94. The van der Waals surface area contributed by atoms with Gasteiger partial charge in [-0.05, 0) is 37.5 Å². The fourth-order valence-corrected chi connectivity index (χ4v) is 4.35. The summed E-state index contributed by atoms with van der Waals surface area (Å²) in [5, 5.41) is 2.83. The van der Waals surface area contributed by atoms with Crippen molar-refractivity contribution in [3.05, 3.63) is 46.9 Å². The lowest BCUT2D eigenvalue weighted by atomic mass is 9.95. The lowest BCUT2D eigenvalue weighted by Crippen LogP contribution is -2.47. The average Bonchev–Trinajstić information content (AvgIpc) is 3.34. The van der Waals surface area contributed by atoms with Gasteiger partial charge in [-0.15, -0.1) is 0 Å². The zero-order chi connectivity index (χ0) is 20.5. The third-order valence-corrected chi connectivity index (χ3v) is 5.85. The highest BCUT2D eigenvalue weighted by molar-refractivity contribution is 6.01. The van der Waals surface area contributed by atoms with E-state index >= 15 is 0 Å². The largest absolute Gasteiger partial charge is 0.343 e. The molecule has 1 aromatic rings. The third kappa shape index (κ3) is 3.59. The minimum absolute atomic E-state index is 0.0587. The van der Waals surface area contributed by atoms with E-state index in [1.807, 2.05) is 11.8 Å². The smallest absolute Gasteiger partial charge is 0.322 e. The molecule has 1 saturated heterocycles. The van der Waals surface area contributed by atoms with E-state index in [4.69, 9.17) is 0 Å². The van der Waals surface area contributed by atoms with Crippen LogP contribution in [-0.4, -0.2) is 65.3 Å². The second-order valence-corrected chi connectivity index (χ2v) is 7.61. The van der Waals surface area contributed by atoms with Crippen LogP contribution in [0.25, 0.3) is 0 Å². The van der Waals surface area contributed by atoms with E-state index in [2.05, 4.69) is 5.32 Å². The second kappa shape index (κ2) is 7.85. The van der Waals surface area contributed by atoms with Gasteiger partial charge < -0.3 is 15.1 Å². The molecular weight excluding hydrogens is 375 g/mol. The number of nitrogens with one attached hydrogen (secondary N) is 1. The van der Waals surface area contributed by atoms with Crippen molar-refractivity contribution >= 4 is 17.8 Å². The van der Waals surface area contributed by atoms with Crippen LogP contribution in [0, 0.1) is 5.82 Å². The number of amides is 4. The highest BCUT2D eigenvalue weighted by Crippen LogP contribution is 2.36. The summed E-state index contributed by atoms with van der Waals surface area (Å²) in [5.41, 5.74) is 1.64. The van der Waals surface area contributed by atoms with Crippen molar-refractivity contribution in [3.8, 4) is 0 Å². The highest BCUT2D eigenvalue weighted by Gasteiger charge is 2.43. The van der Waals surface area contributed by atoms with Crippen molar-refractivity contribution in [1.82, 2.24) is 20.0 Å². The fourth-order valence-electron chi connectivity index (χ4n) is 4.35. The Morgan fingerprint density at radius 3 is 2.69 bits per heavy atom. The Hall–Kier alpha value is -2.90. The molecule has 0 aromatic heterocycles. The first-order chi connectivity index (χ1) is 14.0. The summed E-state index contributed by atoms with van der Waals surface area (Å²) < 4.78 is 13.8.